The smallest absolute Gasteiger partial charge is 0.306 e. The molecule has 0 aromatic carbocycles. The number of ether oxygens (including phenoxy) is 1. The summed E-state index contributed by atoms with van der Waals surface area (Å²) in [5, 5.41) is 0. The van der Waals surface area contributed by atoms with Gasteiger partial charge in [0.05, 0.1) is 25.8 Å². The Hall–Kier alpha value is -1.91. The molecule has 0 aromatic heterocycles. The summed E-state index contributed by atoms with van der Waals surface area (Å²) in [5.74, 6) is -1.48. The first-order valence-electron chi connectivity index (χ1n) is 6.56. The maximum absolute atomic E-state index is 11.9. The third-order valence-electron chi connectivity index (χ3n) is 2.28. The van der Waals surface area contributed by atoms with E-state index in [1.54, 1.807) is 38.1 Å². The standard InChI is InChI=1S/C13H20N2O3.C2H6/c1-6-10(7-2)11(8-12(16)18-5)13(17)14-9-15(3)4;1-2/h6-7,9,11H,1,8H2,2-5H3;1-2H3/b10-7+,14-9?;. The average molecular weight is 282 g/mol. The minimum Gasteiger partial charge on any atom is -0.469 e. The molecule has 114 valence electrons. The van der Waals surface area contributed by atoms with Crippen LogP contribution >= 0.6 is 0 Å². The van der Waals surface area contributed by atoms with Crippen LogP contribution in [-0.2, 0) is 14.3 Å². The molecule has 1 atom stereocenters. The highest BCUT2D eigenvalue weighted by atomic mass is 16.5. The summed E-state index contributed by atoms with van der Waals surface area (Å²) in [7, 11) is 4.81. The van der Waals surface area contributed by atoms with Crippen LogP contribution in [0.3, 0.4) is 0 Å². The second-order valence-electron chi connectivity index (χ2n) is 3.87. The number of esters is 1. The van der Waals surface area contributed by atoms with E-state index in [-0.39, 0.29) is 12.3 Å². The fourth-order valence-corrected chi connectivity index (χ4v) is 1.32. The van der Waals surface area contributed by atoms with Gasteiger partial charge in [0, 0.05) is 14.1 Å². The van der Waals surface area contributed by atoms with Crippen LogP contribution in [0.2, 0.25) is 0 Å². The lowest BCUT2D eigenvalue weighted by molar-refractivity contribution is -0.143. The van der Waals surface area contributed by atoms with Crippen molar-refractivity contribution < 1.29 is 14.3 Å². The lowest BCUT2D eigenvalue weighted by Gasteiger charge is -2.13. The minimum atomic E-state index is -0.642. The van der Waals surface area contributed by atoms with Crippen molar-refractivity contribution >= 4 is 18.2 Å². The zero-order valence-electron chi connectivity index (χ0n) is 13.3. The Morgan fingerprint density at radius 1 is 1.35 bits per heavy atom. The largest absolute Gasteiger partial charge is 0.469 e. The van der Waals surface area contributed by atoms with Gasteiger partial charge in [-0.1, -0.05) is 32.6 Å². The number of rotatable bonds is 6. The van der Waals surface area contributed by atoms with E-state index in [4.69, 9.17) is 0 Å². The number of methoxy groups -OCH3 is 1. The second kappa shape index (κ2) is 12.1. The van der Waals surface area contributed by atoms with Crippen molar-refractivity contribution in [1.29, 1.82) is 0 Å². The summed E-state index contributed by atoms with van der Waals surface area (Å²) in [5.41, 5.74) is 0.668. The summed E-state index contributed by atoms with van der Waals surface area (Å²) in [4.78, 5) is 28.7. The molecule has 1 amide bonds. The molecule has 0 aliphatic rings. The van der Waals surface area contributed by atoms with E-state index in [1.165, 1.54) is 13.4 Å². The van der Waals surface area contributed by atoms with E-state index < -0.39 is 11.9 Å². The number of carbonyl (C=O) groups is 2. The Balaban J connectivity index is 0. The van der Waals surface area contributed by atoms with Crippen molar-refractivity contribution in [1.82, 2.24) is 4.90 Å². The van der Waals surface area contributed by atoms with Crippen LogP contribution in [0.25, 0.3) is 0 Å². The van der Waals surface area contributed by atoms with E-state index in [0.717, 1.165) is 0 Å². The van der Waals surface area contributed by atoms with Crippen LogP contribution in [0.4, 0.5) is 0 Å². The van der Waals surface area contributed by atoms with Gasteiger partial charge in [-0.15, -0.1) is 0 Å². The molecule has 0 radical (unpaired) electrons. The highest BCUT2D eigenvalue weighted by Crippen LogP contribution is 2.19. The predicted molar refractivity (Wildman–Crippen MR) is 82.6 cm³/mol. The Kier molecular flexibility index (Phi) is 12.4. The Labute approximate surface area is 122 Å². The lowest BCUT2D eigenvalue weighted by atomic mass is 9.94. The zero-order valence-corrected chi connectivity index (χ0v) is 13.3. The van der Waals surface area contributed by atoms with Gasteiger partial charge in [-0.25, -0.2) is 4.99 Å². The predicted octanol–water partition coefficient (Wildman–Crippen LogP) is 2.44. The average Bonchev–Trinajstić information content (AvgIpc) is 2.46. The van der Waals surface area contributed by atoms with Crippen molar-refractivity contribution in [3.8, 4) is 0 Å². The van der Waals surface area contributed by atoms with Crippen molar-refractivity contribution in [2.45, 2.75) is 27.2 Å². The molecule has 0 heterocycles. The van der Waals surface area contributed by atoms with Gasteiger partial charge >= 0.3 is 5.97 Å². The number of carbonyl (C=O) groups excluding carboxylic acids is 2. The molecular weight excluding hydrogens is 256 g/mol. The summed E-state index contributed by atoms with van der Waals surface area (Å²) in [6, 6.07) is 0. The second-order valence-corrected chi connectivity index (χ2v) is 3.87. The molecule has 0 aliphatic heterocycles. The normalized spacial score (nSPS) is 12.2. The van der Waals surface area contributed by atoms with Crippen LogP contribution in [-0.4, -0.2) is 44.3 Å². The monoisotopic (exact) mass is 282 g/mol. The van der Waals surface area contributed by atoms with Crippen LogP contribution in [0.5, 0.6) is 0 Å². The number of hydrogen-bond acceptors (Lipinski definition) is 3. The molecule has 0 aromatic rings. The quantitative estimate of drug-likeness (QED) is 0.325. The molecule has 0 N–H and O–H groups in total. The van der Waals surface area contributed by atoms with Gasteiger partial charge < -0.3 is 9.64 Å². The molecule has 0 aliphatic carbocycles. The van der Waals surface area contributed by atoms with E-state index in [1.807, 2.05) is 13.8 Å². The maximum atomic E-state index is 11.9. The lowest BCUT2D eigenvalue weighted by Crippen LogP contribution is -2.21. The Morgan fingerprint density at radius 3 is 2.25 bits per heavy atom. The summed E-state index contributed by atoms with van der Waals surface area (Å²) in [6.45, 7) is 9.41. The molecule has 0 saturated heterocycles. The minimum absolute atomic E-state index is 0.0359. The highest BCUT2D eigenvalue weighted by Gasteiger charge is 2.24. The Morgan fingerprint density at radius 2 is 1.90 bits per heavy atom. The number of nitrogens with zero attached hydrogens (tertiary/aromatic N) is 2. The van der Waals surface area contributed by atoms with E-state index in [2.05, 4.69) is 16.3 Å². The van der Waals surface area contributed by atoms with Crippen molar-refractivity contribution in [3.05, 3.63) is 24.3 Å². The topological polar surface area (TPSA) is 59.0 Å². The van der Waals surface area contributed by atoms with E-state index in [9.17, 15) is 9.59 Å². The molecular formula is C15H26N2O3. The molecule has 5 heteroatoms. The SMILES string of the molecule is C=C/C(=C\C)C(CC(=O)OC)C(=O)N=CN(C)C.CC. The van der Waals surface area contributed by atoms with Crippen LogP contribution in [0.15, 0.2) is 29.3 Å². The number of amides is 1. The van der Waals surface area contributed by atoms with Gasteiger partial charge in [0.25, 0.3) is 5.91 Å². The molecule has 0 saturated carbocycles. The molecule has 20 heavy (non-hydrogen) atoms. The number of allylic oxidation sites excluding steroid dienone is 2. The first kappa shape index (κ1) is 20.4. The fraction of sp³-hybridized carbons (Fsp3) is 0.533. The number of aliphatic imine (C=N–C) groups is 1. The third-order valence-corrected chi connectivity index (χ3v) is 2.28. The van der Waals surface area contributed by atoms with E-state index >= 15 is 0 Å². The summed E-state index contributed by atoms with van der Waals surface area (Å²) < 4.78 is 4.58. The van der Waals surface area contributed by atoms with Gasteiger partial charge in [0.2, 0.25) is 0 Å². The molecule has 0 spiro atoms. The molecule has 0 rings (SSSR count). The van der Waals surface area contributed by atoms with Gasteiger partial charge in [-0.2, -0.15) is 0 Å². The summed E-state index contributed by atoms with van der Waals surface area (Å²) in [6.07, 6.45) is 4.66. The maximum Gasteiger partial charge on any atom is 0.306 e. The Bertz CT molecular complexity index is 371. The van der Waals surface area contributed by atoms with Crippen LogP contribution < -0.4 is 0 Å². The molecule has 1 unspecified atom stereocenters. The van der Waals surface area contributed by atoms with Gasteiger partial charge in [-0.05, 0) is 12.5 Å². The molecule has 5 nitrogen and oxygen atoms in total. The highest BCUT2D eigenvalue weighted by molar-refractivity contribution is 5.91. The van der Waals surface area contributed by atoms with Crippen LogP contribution in [0, 0.1) is 5.92 Å². The summed E-state index contributed by atoms with van der Waals surface area (Å²) >= 11 is 0. The fourth-order valence-electron chi connectivity index (χ4n) is 1.32. The van der Waals surface area contributed by atoms with Gasteiger partial charge in [-0.3, -0.25) is 9.59 Å². The third kappa shape index (κ3) is 8.24. The zero-order chi connectivity index (χ0) is 16.1. The first-order valence-corrected chi connectivity index (χ1v) is 6.56. The van der Waals surface area contributed by atoms with Gasteiger partial charge in [0.1, 0.15) is 0 Å². The molecule has 0 fully saturated rings. The van der Waals surface area contributed by atoms with Crippen LogP contribution in [0.1, 0.15) is 27.2 Å². The van der Waals surface area contributed by atoms with E-state index in [0.29, 0.717) is 5.57 Å². The first-order chi connectivity index (χ1) is 9.46. The molecule has 0 bridgehead atoms. The number of hydrogen-bond donors (Lipinski definition) is 0. The van der Waals surface area contributed by atoms with Crippen molar-refractivity contribution in [2.75, 3.05) is 21.2 Å². The van der Waals surface area contributed by atoms with Gasteiger partial charge in [0.15, 0.2) is 0 Å². The van der Waals surface area contributed by atoms with Crippen molar-refractivity contribution in [3.63, 3.8) is 0 Å². The van der Waals surface area contributed by atoms with Crippen molar-refractivity contribution in [2.24, 2.45) is 10.9 Å².